The minimum absolute atomic E-state index is 0.446. The van der Waals surface area contributed by atoms with E-state index >= 15 is 0 Å². The van der Waals surface area contributed by atoms with Gasteiger partial charge in [0.05, 0.1) is 11.6 Å². The molecule has 0 aromatic heterocycles. The molecule has 0 saturated carbocycles. The summed E-state index contributed by atoms with van der Waals surface area (Å²) in [5.74, 6) is 1.25. The van der Waals surface area contributed by atoms with Crippen LogP contribution in [0, 0.1) is 6.92 Å². The molecule has 3 rings (SSSR count). The van der Waals surface area contributed by atoms with Crippen LogP contribution in [0.2, 0.25) is 5.02 Å². The zero-order chi connectivity index (χ0) is 19.1. The van der Waals surface area contributed by atoms with Crippen molar-refractivity contribution in [2.75, 3.05) is 11.9 Å². The van der Waals surface area contributed by atoms with Crippen molar-refractivity contribution in [1.82, 2.24) is 0 Å². The van der Waals surface area contributed by atoms with Gasteiger partial charge in [-0.1, -0.05) is 59.6 Å². The van der Waals surface area contributed by atoms with Gasteiger partial charge in [-0.3, -0.25) is 0 Å². The lowest BCUT2D eigenvalue weighted by atomic mass is 10.1. The fourth-order valence-corrected chi connectivity index (χ4v) is 3.01. The molecule has 0 atom stereocenters. The fraction of sp³-hybridized carbons (Fsp3) is 0.217. The van der Waals surface area contributed by atoms with Gasteiger partial charge in [-0.05, 0) is 49.2 Å². The third kappa shape index (κ3) is 5.41. The summed E-state index contributed by atoms with van der Waals surface area (Å²) in [5.41, 5.74) is 4.41. The Labute approximate surface area is 165 Å². The van der Waals surface area contributed by atoms with Gasteiger partial charge in [0.1, 0.15) is 6.61 Å². The van der Waals surface area contributed by atoms with E-state index in [4.69, 9.17) is 21.1 Å². The van der Waals surface area contributed by atoms with Crippen molar-refractivity contribution in [3.8, 4) is 11.5 Å². The molecule has 1 N–H and O–H groups in total. The summed E-state index contributed by atoms with van der Waals surface area (Å²) in [6, 6.07) is 22.2. The van der Waals surface area contributed by atoms with Gasteiger partial charge in [0.25, 0.3) is 0 Å². The maximum atomic E-state index is 6.51. The number of para-hydroxylation sites is 1. The highest BCUT2D eigenvalue weighted by Crippen LogP contribution is 2.37. The summed E-state index contributed by atoms with van der Waals surface area (Å²) in [7, 11) is 0. The van der Waals surface area contributed by atoms with Crippen molar-refractivity contribution < 1.29 is 9.47 Å². The van der Waals surface area contributed by atoms with Crippen LogP contribution in [-0.2, 0) is 13.2 Å². The molecule has 0 fully saturated rings. The van der Waals surface area contributed by atoms with Gasteiger partial charge in [0.15, 0.2) is 11.5 Å². The minimum atomic E-state index is 0.446. The van der Waals surface area contributed by atoms with Crippen LogP contribution in [0.4, 0.5) is 5.69 Å². The molecule has 0 aliphatic rings. The smallest absolute Gasteiger partial charge is 0.180 e. The second kappa shape index (κ2) is 9.33. The summed E-state index contributed by atoms with van der Waals surface area (Å²) in [4.78, 5) is 0. The Hall–Kier alpha value is -2.65. The molecule has 0 saturated heterocycles. The molecule has 0 unspecified atom stereocenters. The highest BCUT2D eigenvalue weighted by Gasteiger charge is 2.13. The summed E-state index contributed by atoms with van der Waals surface area (Å²) in [5, 5.41) is 3.94. The number of rotatable bonds is 8. The molecule has 0 radical (unpaired) electrons. The van der Waals surface area contributed by atoms with E-state index in [1.54, 1.807) is 0 Å². The number of hydrogen-bond acceptors (Lipinski definition) is 3. The van der Waals surface area contributed by atoms with Crippen LogP contribution in [0.5, 0.6) is 11.5 Å². The highest BCUT2D eigenvalue weighted by molar-refractivity contribution is 6.32. The van der Waals surface area contributed by atoms with Gasteiger partial charge in [-0.2, -0.15) is 0 Å². The molecule has 0 bridgehead atoms. The Morgan fingerprint density at radius 3 is 2.33 bits per heavy atom. The monoisotopic (exact) mass is 381 g/mol. The van der Waals surface area contributed by atoms with Crippen LogP contribution in [-0.4, -0.2) is 6.61 Å². The lowest BCUT2D eigenvalue weighted by molar-refractivity contribution is 0.269. The van der Waals surface area contributed by atoms with Crippen molar-refractivity contribution in [3.63, 3.8) is 0 Å². The maximum Gasteiger partial charge on any atom is 0.180 e. The van der Waals surface area contributed by atoms with Gasteiger partial charge in [0.2, 0.25) is 0 Å². The van der Waals surface area contributed by atoms with E-state index in [0.717, 1.165) is 16.8 Å². The van der Waals surface area contributed by atoms with Crippen LogP contribution >= 0.6 is 11.6 Å². The first-order chi connectivity index (χ1) is 13.2. The summed E-state index contributed by atoms with van der Waals surface area (Å²) < 4.78 is 11.8. The highest BCUT2D eigenvalue weighted by atomic mass is 35.5. The van der Waals surface area contributed by atoms with Crippen LogP contribution in [0.25, 0.3) is 0 Å². The molecule has 3 nitrogen and oxygen atoms in total. The fourth-order valence-electron chi connectivity index (χ4n) is 2.73. The molecule has 0 amide bonds. The zero-order valence-electron chi connectivity index (χ0n) is 15.7. The van der Waals surface area contributed by atoms with E-state index in [1.165, 1.54) is 5.56 Å². The first kappa shape index (κ1) is 19.1. The van der Waals surface area contributed by atoms with Gasteiger partial charge in [0, 0.05) is 12.2 Å². The van der Waals surface area contributed by atoms with Crippen molar-refractivity contribution in [3.05, 3.63) is 88.4 Å². The third-order valence-electron chi connectivity index (χ3n) is 4.14. The van der Waals surface area contributed by atoms with E-state index < -0.39 is 0 Å². The van der Waals surface area contributed by atoms with Crippen LogP contribution in [0.1, 0.15) is 23.6 Å². The van der Waals surface area contributed by atoms with Crippen LogP contribution in [0.3, 0.4) is 0 Å². The third-order valence-corrected chi connectivity index (χ3v) is 4.42. The average Bonchev–Trinajstić information content (AvgIpc) is 2.68. The zero-order valence-corrected chi connectivity index (χ0v) is 16.4. The molecule has 4 heteroatoms. The van der Waals surface area contributed by atoms with Crippen molar-refractivity contribution >= 4 is 17.3 Å². The Kier molecular flexibility index (Phi) is 6.61. The van der Waals surface area contributed by atoms with E-state index in [0.29, 0.717) is 36.3 Å². The van der Waals surface area contributed by atoms with Gasteiger partial charge >= 0.3 is 0 Å². The molecule has 140 valence electrons. The first-order valence-electron chi connectivity index (χ1n) is 9.08. The molecule has 3 aromatic carbocycles. The number of hydrogen-bond donors (Lipinski definition) is 1. The van der Waals surface area contributed by atoms with Gasteiger partial charge < -0.3 is 14.8 Å². The number of aryl methyl sites for hydroxylation is 1. The number of halogens is 1. The molecule has 0 heterocycles. The van der Waals surface area contributed by atoms with Crippen LogP contribution in [0.15, 0.2) is 66.7 Å². The predicted octanol–water partition coefficient (Wildman–Crippen LogP) is 6.24. The number of benzene rings is 3. The number of nitrogens with one attached hydrogen (secondary N) is 1. The van der Waals surface area contributed by atoms with E-state index in [2.05, 4.69) is 36.5 Å². The van der Waals surface area contributed by atoms with Crippen LogP contribution < -0.4 is 14.8 Å². The van der Waals surface area contributed by atoms with Gasteiger partial charge in [-0.25, -0.2) is 0 Å². The van der Waals surface area contributed by atoms with E-state index in [9.17, 15) is 0 Å². The summed E-state index contributed by atoms with van der Waals surface area (Å²) >= 11 is 6.51. The lowest BCUT2D eigenvalue weighted by Crippen LogP contribution is -2.04. The minimum Gasteiger partial charge on any atom is -0.490 e. The summed E-state index contributed by atoms with van der Waals surface area (Å²) in [6.45, 7) is 5.67. The summed E-state index contributed by atoms with van der Waals surface area (Å²) in [6.07, 6.45) is 0. The van der Waals surface area contributed by atoms with Crippen molar-refractivity contribution in [2.24, 2.45) is 0 Å². The average molecular weight is 382 g/mol. The van der Waals surface area contributed by atoms with E-state index in [1.807, 2.05) is 49.4 Å². The quantitative estimate of drug-likeness (QED) is 0.501. The van der Waals surface area contributed by atoms with Crippen molar-refractivity contribution in [2.45, 2.75) is 27.0 Å². The Bertz CT molecular complexity index is 864. The second-order valence-electron chi connectivity index (χ2n) is 6.33. The Balaban J connectivity index is 1.74. The standard InChI is InChI=1S/C23H24ClNO2/c1-3-26-22-14-19(15-25-20-7-5-4-6-8-20)13-21(24)23(22)27-16-18-11-9-17(2)10-12-18/h4-14,25H,3,15-16H2,1-2H3. The van der Waals surface area contributed by atoms with Gasteiger partial charge in [-0.15, -0.1) is 0 Å². The first-order valence-corrected chi connectivity index (χ1v) is 9.46. The SMILES string of the molecule is CCOc1cc(CNc2ccccc2)cc(Cl)c1OCc1ccc(C)cc1. The lowest BCUT2D eigenvalue weighted by Gasteiger charge is -2.16. The Morgan fingerprint density at radius 2 is 1.63 bits per heavy atom. The predicted molar refractivity (Wildman–Crippen MR) is 112 cm³/mol. The normalized spacial score (nSPS) is 10.5. The molecular formula is C23H24ClNO2. The molecular weight excluding hydrogens is 358 g/mol. The van der Waals surface area contributed by atoms with Crippen molar-refractivity contribution in [1.29, 1.82) is 0 Å². The second-order valence-corrected chi connectivity index (χ2v) is 6.74. The maximum absolute atomic E-state index is 6.51. The largest absolute Gasteiger partial charge is 0.490 e. The molecule has 27 heavy (non-hydrogen) atoms. The molecule has 0 aliphatic carbocycles. The number of anilines is 1. The molecule has 3 aromatic rings. The topological polar surface area (TPSA) is 30.5 Å². The van der Waals surface area contributed by atoms with E-state index in [-0.39, 0.29) is 0 Å². The molecule has 0 spiro atoms. The number of ether oxygens (including phenoxy) is 2. The Morgan fingerprint density at radius 1 is 0.889 bits per heavy atom. The molecule has 0 aliphatic heterocycles.